The van der Waals surface area contributed by atoms with Crippen LogP contribution in [-0.2, 0) is 5.75 Å². The lowest BCUT2D eigenvalue weighted by atomic mass is 10.2. The van der Waals surface area contributed by atoms with Crippen LogP contribution in [0.5, 0.6) is 0 Å². The number of thiazole rings is 1. The van der Waals surface area contributed by atoms with Gasteiger partial charge in [0.25, 0.3) is 5.91 Å². The number of amides is 1. The summed E-state index contributed by atoms with van der Waals surface area (Å²) in [5.74, 6) is 0.712. The first-order chi connectivity index (χ1) is 13.3. The smallest absolute Gasteiger partial charge is 0.293 e. The SMILES string of the molecule is O=C(Nc1nc(-c2ccccc2)cs1)c1occc1CSc1ccccc1. The van der Waals surface area contributed by atoms with Crippen molar-refractivity contribution in [3.8, 4) is 11.3 Å². The number of furan rings is 1. The molecule has 0 saturated carbocycles. The molecular formula is C21H16N2O2S2. The first-order valence-electron chi connectivity index (χ1n) is 8.36. The number of anilines is 1. The quantitative estimate of drug-likeness (QED) is 0.412. The van der Waals surface area contributed by atoms with Gasteiger partial charge in [-0.15, -0.1) is 23.1 Å². The number of nitrogens with one attached hydrogen (secondary N) is 1. The van der Waals surface area contributed by atoms with E-state index in [1.165, 1.54) is 11.3 Å². The molecule has 2 aromatic heterocycles. The van der Waals surface area contributed by atoms with Crippen molar-refractivity contribution in [2.75, 3.05) is 5.32 Å². The molecule has 0 saturated heterocycles. The average Bonchev–Trinajstić information content (AvgIpc) is 3.37. The van der Waals surface area contributed by atoms with Gasteiger partial charge in [-0.2, -0.15) is 0 Å². The molecule has 0 unspecified atom stereocenters. The number of thioether (sulfide) groups is 1. The second-order valence-electron chi connectivity index (χ2n) is 5.73. The molecule has 134 valence electrons. The van der Waals surface area contributed by atoms with Crippen LogP contribution in [0.1, 0.15) is 16.1 Å². The Morgan fingerprint density at radius 1 is 1.04 bits per heavy atom. The molecule has 4 rings (SSSR count). The van der Waals surface area contributed by atoms with E-state index in [4.69, 9.17) is 4.42 Å². The minimum atomic E-state index is -0.280. The molecule has 0 bridgehead atoms. The van der Waals surface area contributed by atoms with Crippen LogP contribution in [0.25, 0.3) is 11.3 Å². The van der Waals surface area contributed by atoms with Gasteiger partial charge in [0.15, 0.2) is 10.9 Å². The van der Waals surface area contributed by atoms with Crippen molar-refractivity contribution < 1.29 is 9.21 Å². The van der Waals surface area contributed by atoms with Crippen molar-refractivity contribution in [1.29, 1.82) is 0 Å². The largest absolute Gasteiger partial charge is 0.459 e. The van der Waals surface area contributed by atoms with Crippen molar-refractivity contribution in [2.24, 2.45) is 0 Å². The first-order valence-corrected chi connectivity index (χ1v) is 10.2. The van der Waals surface area contributed by atoms with Gasteiger partial charge in [-0.3, -0.25) is 10.1 Å². The Morgan fingerprint density at radius 2 is 1.78 bits per heavy atom. The summed E-state index contributed by atoms with van der Waals surface area (Å²) in [4.78, 5) is 18.2. The zero-order valence-corrected chi connectivity index (χ0v) is 15.9. The molecule has 1 N–H and O–H groups in total. The van der Waals surface area contributed by atoms with Crippen LogP contribution in [0.2, 0.25) is 0 Å². The summed E-state index contributed by atoms with van der Waals surface area (Å²) < 4.78 is 5.43. The minimum absolute atomic E-state index is 0.280. The van der Waals surface area contributed by atoms with E-state index in [1.807, 2.05) is 72.1 Å². The van der Waals surface area contributed by atoms with Crippen LogP contribution in [-0.4, -0.2) is 10.9 Å². The van der Waals surface area contributed by atoms with Gasteiger partial charge in [-0.25, -0.2) is 4.98 Å². The lowest BCUT2D eigenvalue weighted by molar-refractivity contribution is 0.0996. The summed E-state index contributed by atoms with van der Waals surface area (Å²) in [6.45, 7) is 0. The molecule has 2 heterocycles. The Bertz CT molecular complexity index is 1030. The number of benzene rings is 2. The number of aromatic nitrogens is 1. The summed E-state index contributed by atoms with van der Waals surface area (Å²) in [7, 11) is 0. The highest BCUT2D eigenvalue weighted by atomic mass is 32.2. The number of hydrogen-bond donors (Lipinski definition) is 1. The van der Waals surface area contributed by atoms with E-state index in [0.29, 0.717) is 16.6 Å². The van der Waals surface area contributed by atoms with Gasteiger partial charge in [-0.05, 0) is 18.2 Å². The van der Waals surface area contributed by atoms with Crippen LogP contribution in [0.4, 0.5) is 5.13 Å². The molecule has 4 aromatic rings. The lowest BCUT2D eigenvalue weighted by Gasteiger charge is -2.03. The molecule has 0 spiro atoms. The molecule has 6 heteroatoms. The highest BCUT2D eigenvalue weighted by molar-refractivity contribution is 7.98. The Balaban J connectivity index is 1.43. The molecule has 0 aliphatic carbocycles. The number of carbonyl (C=O) groups is 1. The monoisotopic (exact) mass is 392 g/mol. The second kappa shape index (κ2) is 8.24. The highest BCUT2D eigenvalue weighted by Crippen LogP contribution is 2.27. The second-order valence-corrected chi connectivity index (χ2v) is 7.64. The maximum Gasteiger partial charge on any atom is 0.293 e. The Kier molecular flexibility index (Phi) is 5.37. The first kappa shape index (κ1) is 17.6. The standard InChI is InChI=1S/C21H16N2O2S2/c24-20(23-21-22-18(14-27-21)15-7-3-1-4-8-15)19-16(11-12-25-19)13-26-17-9-5-2-6-10-17/h1-12,14H,13H2,(H,22,23,24). The van der Waals surface area contributed by atoms with Gasteiger partial charge < -0.3 is 4.42 Å². The Hall–Kier alpha value is -2.83. The fourth-order valence-corrected chi connectivity index (χ4v) is 4.17. The van der Waals surface area contributed by atoms with E-state index >= 15 is 0 Å². The van der Waals surface area contributed by atoms with Gasteiger partial charge in [0.1, 0.15) is 0 Å². The van der Waals surface area contributed by atoms with Crippen molar-refractivity contribution in [1.82, 2.24) is 4.98 Å². The van der Waals surface area contributed by atoms with Crippen LogP contribution in [0.3, 0.4) is 0 Å². The summed E-state index contributed by atoms with van der Waals surface area (Å²) in [6.07, 6.45) is 1.55. The normalized spacial score (nSPS) is 10.7. The van der Waals surface area contributed by atoms with Crippen LogP contribution in [0, 0.1) is 0 Å². The Morgan fingerprint density at radius 3 is 2.56 bits per heavy atom. The Labute approximate surface area is 165 Å². The fraction of sp³-hybridized carbons (Fsp3) is 0.0476. The van der Waals surface area contributed by atoms with E-state index in [2.05, 4.69) is 10.3 Å². The molecule has 0 aliphatic heterocycles. The summed E-state index contributed by atoms with van der Waals surface area (Å²) in [6, 6.07) is 21.8. The predicted molar refractivity (Wildman–Crippen MR) is 110 cm³/mol. The maximum absolute atomic E-state index is 12.6. The number of rotatable bonds is 6. The summed E-state index contributed by atoms with van der Waals surface area (Å²) in [5, 5.41) is 5.32. The molecule has 4 nitrogen and oxygen atoms in total. The molecule has 0 atom stereocenters. The molecule has 0 fully saturated rings. The van der Waals surface area contributed by atoms with E-state index in [1.54, 1.807) is 18.0 Å². The average molecular weight is 393 g/mol. The van der Waals surface area contributed by atoms with Crippen molar-refractivity contribution in [2.45, 2.75) is 10.6 Å². The summed E-state index contributed by atoms with van der Waals surface area (Å²) in [5.41, 5.74) is 2.73. The van der Waals surface area contributed by atoms with Gasteiger partial charge in [0.05, 0.1) is 12.0 Å². The third-order valence-corrected chi connectivity index (χ3v) is 5.70. The zero-order chi connectivity index (χ0) is 18.5. The van der Waals surface area contributed by atoms with Crippen LogP contribution < -0.4 is 5.32 Å². The zero-order valence-electron chi connectivity index (χ0n) is 14.3. The minimum Gasteiger partial charge on any atom is -0.459 e. The molecule has 0 aliphatic rings. The van der Waals surface area contributed by atoms with Crippen LogP contribution in [0.15, 0.2) is 87.7 Å². The van der Waals surface area contributed by atoms with Gasteiger partial charge >= 0.3 is 0 Å². The molecule has 2 aromatic carbocycles. The number of nitrogens with zero attached hydrogens (tertiary/aromatic N) is 1. The number of carbonyl (C=O) groups excluding carboxylic acids is 1. The van der Waals surface area contributed by atoms with Gasteiger partial charge in [0, 0.05) is 27.2 Å². The van der Waals surface area contributed by atoms with Gasteiger partial charge in [0.2, 0.25) is 0 Å². The maximum atomic E-state index is 12.6. The van der Waals surface area contributed by atoms with E-state index in [-0.39, 0.29) is 5.91 Å². The topological polar surface area (TPSA) is 55.1 Å². The van der Waals surface area contributed by atoms with Crippen molar-refractivity contribution in [3.05, 3.63) is 89.7 Å². The van der Waals surface area contributed by atoms with Crippen molar-refractivity contribution in [3.63, 3.8) is 0 Å². The molecule has 1 amide bonds. The lowest BCUT2D eigenvalue weighted by Crippen LogP contribution is -2.12. The van der Waals surface area contributed by atoms with E-state index < -0.39 is 0 Å². The van der Waals surface area contributed by atoms with Crippen molar-refractivity contribution >= 4 is 34.1 Å². The van der Waals surface area contributed by atoms with Crippen LogP contribution >= 0.6 is 23.1 Å². The van der Waals surface area contributed by atoms with Gasteiger partial charge in [-0.1, -0.05) is 48.5 Å². The highest BCUT2D eigenvalue weighted by Gasteiger charge is 2.17. The summed E-state index contributed by atoms with van der Waals surface area (Å²) >= 11 is 3.06. The molecule has 27 heavy (non-hydrogen) atoms. The predicted octanol–water partition coefficient (Wildman–Crippen LogP) is 5.95. The van der Waals surface area contributed by atoms with E-state index in [9.17, 15) is 4.79 Å². The molecular weight excluding hydrogens is 376 g/mol. The third-order valence-electron chi connectivity index (χ3n) is 3.88. The third kappa shape index (κ3) is 4.30. The fourth-order valence-electron chi connectivity index (χ4n) is 2.55. The molecule has 0 radical (unpaired) electrons. The van der Waals surface area contributed by atoms with E-state index in [0.717, 1.165) is 21.7 Å². The number of hydrogen-bond acceptors (Lipinski definition) is 5.